The Labute approximate surface area is 104 Å². The van der Waals surface area contributed by atoms with E-state index < -0.39 is 23.6 Å². The Balaban J connectivity index is 2.42. The maximum atomic E-state index is 14.1. The van der Waals surface area contributed by atoms with Gasteiger partial charge in [-0.25, -0.2) is 9.18 Å². The van der Waals surface area contributed by atoms with Gasteiger partial charge in [-0.1, -0.05) is 13.8 Å². The van der Waals surface area contributed by atoms with Gasteiger partial charge in [-0.3, -0.25) is 14.3 Å². The molecule has 1 aliphatic rings. The molecule has 1 N–H and O–H groups in total. The van der Waals surface area contributed by atoms with Crippen molar-refractivity contribution in [3.63, 3.8) is 0 Å². The molecule has 0 aromatic carbocycles. The molecule has 4 atom stereocenters. The number of nitrogens with one attached hydrogen (secondary N) is 1. The minimum atomic E-state index is -1.25. The van der Waals surface area contributed by atoms with Crippen molar-refractivity contribution < 1.29 is 9.13 Å². The van der Waals surface area contributed by atoms with Crippen LogP contribution in [0.5, 0.6) is 0 Å². The average Bonchev–Trinajstić information content (AvgIpc) is 2.61. The number of aromatic nitrogens is 2. The third kappa shape index (κ3) is 2.01. The highest BCUT2D eigenvalue weighted by Gasteiger charge is 2.42. The first-order chi connectivity index (χ1) is 8.45. The molecule has 2 heterocycles. The van der Waals surface area contributed by atoms with E-state index in [2.05, 4.69) is 4.98 Å². The molecule has 1 aromatic heterocycles. The van der Waals surface area contributed by atoms with Crippen molar-refractivity contribution in [2.24, 2.45) is 5.92 Å². The van der Waals surface area contributed by atoms with Gasteiger partial charge in [0.1, 0.15) is 0 Å². The maximum Gasteiger partial charge on any atom is 0.330 e. The minimum Gasteiger partial charge on any atom is -0.351 e. The molecule has 0 spiro atoms. The van der Waals surface area contributed by atoms with Crippen molar-refractivity contribution in [1.82, 2.24) is 9.55 Å². The number of ether oxygens (including phenoxy) is 1. The van der Waals surface area contributed by atoms with Gasteiger partial charge in [0.05, 0.1) is 6.10 Å². The first kappa shape index (κ1) is 13.0. The van der Waals surface area contributed by atoms with E-state index in [9.17, 15) is 14.0 Å². The lowest BCUT2D eigenvalue weighted by Crippen LogP contribution is -2.35. The topological polar surface area (TPSA) is 64.1 Å². The van der Waals surface area contributed by atoms with Crippen LogP contribution in [0.1, 0.15) is 32.1 Å². The highest BCUT2D eigenvalue weighted by atomic mass is 18.2. The molecule has 2 rings (SSSR count). The van der Waals surface area contributed by atoms with E-state index in [1.807, 2.05) is 6.92 Å². The molecular formula is C12H17FN2O3. The number of aryl methyl sites for hydroxylation is 1. The summed E-state index contributed by atoms with van der Waals surface area (Å²) in [5.74, 6) is -0.265. The van der Waals surface area contributed by atoms with E-state index in [4.69, 9.17) is 4.74 Å². The number of rotatable bonds is 2. The number of halogens is 1. The second-order valence-corrected chi connectivity index (χ2v) is 4.76. The zero-order valence-electron chi connectivity index (χ0n) is 10.6. The van der Waals surface area contributed by atoms with Crippen molar-refractivity contribution in [2.75, 3.05) is 0 Å². The largest absolute Gasteiger partial charge is 0.351 e. The second-order valence-electron chi connectivity index (χ2n) is 4.76. The molecule has 0 bridgehead atoms. The van der Waals surface area contributed by atoms with Gasteiger partial charge in [0.15, 0.2) is 12.4 Å². The summed E-state index contributed by atoms with van der Waals surface area (Å²) >= 11 is 0. The Morgan fingerprint density at radius 3 is 2.72 bits per heavy atom. The summed E-state index contributed by atoms with van der Waals surface area (Å²) in [6.07, 6.45) is -0.367. The van der Waals surface area contributed by atoms with Crippen LogP contribution in [0.25, 0.3) is 0 Å². The predicted molar refractivity (Wildman–Crippen MR) is 64.3 cm³/mol. The normalized spacial score (nSPS) is 31.8. The Morgan fingerprint density at radius 2 is 2.17 bits per heavy atom. The molecule has 1 fully saturated rings. The van der Waals surface area contributed by atoms with Crippen LogP contribution in [0.2, 0.25) is 0 Å². The molecule has 1 aliphatic heterocycles. The summed E-state index contributed by atoms with van der Waals surface area (Å²) in [6, 6.07) is 0. The van der Waals surface area contributed by atoms with Gasteiger partial charge in [0.2, 0.25) is 0 Å². The van der Waals surface area contributed by atoms with Gasteiger partial charge < -0.3 is 4.74 Å². The fourth-order valence-electron chi connectivity index (χ4n) is 2.30. The Bertz CT molecular complexity index is 551. The van der Waals surface area contributed by atoms with E-state index in [-0.39, 0.29) is 12.0 Å². The van der Waals surface area contributed by atoms with Gasteiger partial charge in [0, 0.05) is 17.7 Å². The summed E-state index contributed by atoms with van der Waals surface area (Å²) in [7, 11) is 0. The van der Waals surface area contributed by atoms with Crippen molar-refractivity contribution in [1.29, 1.82) is 0 Å². The van der Waals surface area contributed by atoms with Gasteiger partial charge in [-0.05, 0) is 13.3 Å². The van der Waals surface area contributed by atoms with E-state index >= 15 is 0 Å². The number of alkyl halides is 1. The molecule has 6 heteroatoms. The van der Waals surface area contributed by atoms with Crippen LogP contribution < -0.4 is 11.2 Å². The van der Waals surface area contributed by atoms with Crippen molar-refractivity contribution in [3.8, 4) is 0 Å². The van der Waals surface area contributed by atoms with Crippen molar-refractivity contribution in [3.05, 3.63) is 32.6 Å². The second kappa shape index (κ2) is 4.68. The van der Waals surface area contributed by atoms with Crippen LogP contribution in [-0.4, -0.2) is 21.8 Å². The Kier molecular flexibility index (Phi) is 3.38. The van der Waals surface area contributed by atoms with Gasteiger partial charge >= 0.3 is 5.69 Å². The van der Waals surface area contributed by atoms with Crippen molar-refractivity contribution in [2.45, 2.75) is 45.7 Å². The predicted octanol–water partition coefficient (Wildman–Crippen LogP) is 1.13. The summed E-state index contributed by atoms with van der Waals surface area (Å²) in [4.78, 5) is 25.1. The molecule has 5 nitrogen and oxygen atoms in total. The van der Waals surface area contributed by atoms with Crippen LogP contribution in [0.3, 0.4) is 0 Å². The number of hydrogen-bond acceptors (Lipinski definition) is 3. The van der Waals surface area contributed by atoms with Crippen LogP contribution in [-0.2, 0) is 4.74 Å². The number of aromatic amines is 1. The van der Waals surface area contributed by atoms with E-state index in [1.54, 1.807) is 13.8 Å². The molecule has 4 unspecified atom stereocenters. The van der Waals surface area contributed by atoms with E-state index in [0.717, 1.165) is 4.57 Å². The zero-order chi connectivity index (χ0) is 13.4. The fraction of sp³-hybridized carbons (Fsp3) is 0.667. The summed E-state index contributed by atoms with van der Waals surface area (Å²) in [5, 5.41) is 0. The molecular weight excluding hydrogens is 238 g/mol. The first-order valence-electron chi connectivity index (χ1n) is 6.07. The number of H-pyrrole nitrogens is 1. The SMILES string of the molecule is CCC1OC(n2cc(C)c(=O)[nH]c2=O)C([18F])C1C. The maximum absolute atomic E-state index is 14.1. The molecule has 1 saturated heterocycles. The molecule has 0 saturated carbocycles. The molecule has 18 heavy (non-hydrogen) atoms. The molecule has 1 aromatic rings. The molecule has 0 radical (unpaired) electrons. The zero-order valence-corrected chi connectivity index (χ0v) is 10.6. The summed E-state index contributed by atoms with van der Waals surface area (Å²) in [5.41, 5.74) is -0.732. The van der Waals surface area contributed by atoms with Gasteiger partial charge in [-0.2, -0.15) is 0 Å². The lowest BCUT2D eigenvalue weighted by atomic mass is 10.00. The smallest absolute Gasteiger partial charge is 0.330 e. The highest BCUT2D eigenvalue weighted by molar-refractivity contribution is 5.02. The third-order valence-electron chi connectivity index (χ3n) is 3.50. The first-order valence-corrected chi connectivity index (χ1v) is 6.07. The Morgan fingerprint density at radius 1 is 1.50 bits per heavy atom. The summed E-state index contributed by atoms with van der Waals surface area (Å²) < 4.78 is 20.8. The summed E-state index contributed by atoms with van der Waals surface area (Å²) in [6.45, 7) is 5.25. The van der Waals surface area contributed by atoms with Crippen molar-refractivity contribution >= 4 is 0 Å². The molecule has 0 amide bonds. The quantitative estimate of drug-likeness (QED) is 0.861. The average molecular weight is 255 g/mol. The number of nitrogens with zero attached hydrogens (tertiary/aromatic N) is 1. The lowest BCUT2D eigenvalue weighted by molar-refractivity contribution is -0.0237. The minimum absolute atomic E-state index is 0.205. The highest BCUT2D eigenvalue weighted by Crippen LogP contribution is 2.36. The van der Waals surface area contributed by atoms with Crippen LogP contribution in [0.15, 0.2) is 15.8 Å². The monoisotopic (exact) mass is 255 g/mol. The van der Waals surface area contributed by atoms with Crippen LogP contribution in [0.4, 0.5) is 4.39 Å². The van der Waals surface area contributed by atoms with E-state index in [0.29, 0.717) is 12.0 Å². The molecule has 0 aliphatic carbocycles. The lowest BCUT2D eigenvalue weighted by Gasteiger charge is -2.16. The third-order valence-corrected chi connectivity index (χ3v) is 3.50. The fourth-order valence-corrected chi connectivity index (χ4v) is 2.30. The van der Waals surface area contributed by atoms with Crippen LogP contribution >= 0.6 is 0 Å². The van der Waals surface area contributed by atoms with Gasteiger partial charge in [0.25, 0.3) is 5.56 Å². The number of hydrogen-bond donors (Lipinski definition) is 1. The molecule has 100 valence electrons. The Hall–Kier alpha value is -1.43. The van der Waals surface area contributed by atoms with Crippen LogP contribution in [0, 0.1) is 12.8 Å². The van der Waals surface area contributed by atoms with E-state index in [1.165, 1.54) is 6.20 Å². The van der Waals surface area contributed by atoms with Gasteiger partial charge in [-0.15, -0.1) is 0 Å². The standard InChI is InChI=1S/C12H17FN2O3/c1-4-8-7(3)9(13)11(18-8)15-5-6(2)10(16)14-12(15)17/h5,7-9,11H,4H2,1-3H3,(H,14,16,17)/i13-1.